The second-order valence-corrected chi connectivity index (χ2v) is 8.54. The Hall–Kier alpha value is -1.79. The number of benzene rings is 1. The normalized spacial score (nSPS) is 27.4. The van der Waals surface area contributed by atoms with Crippen LogP contribution in [0, 0.1) is 29.8 Å². The van der Waals surface area contributed by atoms with Gasteiger partial charge >= 0.3 is 0 Å². The molecule has 1 heterocycles. The molecule has 3 heteroatoms. The Morgan fingerprint density at radius 3 is 2.46 bits per heavy atom. The summed E-state index contributed by atoms with van der Waals surface area (Å²) in [6.45, 7) is 13.1. The Morgan fingerprint density at radius 1 is 1.23 bits per heavy atom. The maximum Gasteiger partial charge on any atom is 0.291 e. The van der Waals surface area contributed by atoms with Crippen LogP contribution in [-0.2, 0) is 4.74 Å². The molecule has 0 radical (unpaired) electrons. The minimum absolute atomic E-state index is 0.0474. The van der Waals surface area contributed by atoms with E-state index in [1.807, 2.05) is 6.26 Å². The minimum Gasteiger partial charge on any atom is -0.393 e. The van der Waals surface area contributed by atoms with Gasteiger partial charge in [-0.15, -0.1) is 5.26 Å². The van der Waals surface area contributed by atoms with Crippen molar-refractivity contribution < 1.29 is 4.74 Å². The van der Waals surface area contributed by atoms with Crippen LogP contribution in [0.1, 0.15) is 63.0 Å². The summed E-state index contributed by atoms with van der Waals surface area (Å²) in [6.07, 6.45) is 7.64. The van der Waals surface area contributed by atoms with E-state index in [4.69, 9.17) is 10.00 Å². The highest BCUT2D eigenvalue weighted by atomic mass is 16.5. The lowest BCUT2D eigenvalue weighted by atomic mass is 9.74. The Labute approximate surface area is 158 Å². The Balaban J connectivity index is 1.61. The number of nitrogens with zero attached hydrogens (tertiary/aromatic N) is 2. The lowest BCUT2D eigenvalue weighted by Gasteiger charge is -2.38. The van der Waals surface area contributed by atoms with Crippen molar-refractivity contribution in [2.24, 2.45) is 11.3 Å². The summed E-state index contributed by atoms with van der Waals surface area (Å²) in [6, 6.07) is 9.67. The smallest absolute Gasteiger partial charge is 0.291 e. The van der Waals surface area contributed by atoms with Crippen LogP contribution in [0.15, 0.2) is 36.6 Å². The van der Waals surface area contributed by atoms with Gasteiger partial charge in [0.15, 0.2) is 0 Å². The number of rotatable bonds is 5. The molecule has 0 N–H and O–H groups in total. The summed E-state index contributed by atoms with van der Waals surface area (Å²) >= 11 is 0. The zero-order chi connectivity index (χ0) is 18.7. The molecule has 1 saturated heterocycles. The van der Waals surface area contributed by atoms with Gasteiger partial charge in [-0.25, -0.2) is 0 Å². The highest BCUT2D eigenvalue weighted by Gasteiger charge is 2.47. The van der Waals surface area contributed by atoms with Crippen LogP contribution < -0.4 is 0 Å². The van der Waals surface area contributed by atoms with Crippen LogP contribution in [0.3, 0.4) is 0 Å². The van der Waals surface area contributed by atoms with Gasteiger partial charge in [0, 0.05) is 11.5 Å². The van der Waals surface area contributed by atoms with Gasteiger partial charge in [-0.1, -0.05) is 50.3 Å². The number of hydrogen-bond acceptors (Lipinski definition) is 3. The molecular weight excluding hydrogens is 320 g/mol. The molecule has 2 aliphatic rings. The van der Waals surface area contributed by atoms with Crippen molar-refractivity contribution in [2.75, 3.05) is 13.1 Å². The summed E-state index contributed by atoms with van der Waals surface area (Å²) in [7, 11) is 0. The summed E-state index contributed by atoms with van der Waals surface area (Å²) in [5.74, 6) is 1.81. The standard InChI is InChI=1S/C23H32N2O/c1-17(2)23(19(4)26-16-24)12-9-22(15-23)25-13-10-21(11-14-25)20-7-5-18(3)6-8-20/h5-8,17,21-22H,4,9-15H2,1-3H3. The van der Waals surface area contributed by atoms with Crippen molar-refractivity contribution in [1.82, 2.24) is 4.90 Å². The van der Waals surface area contributed by atoms with Gasteiger partial charge in [0.05, 0.1) is 0 Å². The van der Waals surface area contributed by atoms with Crippen molar-refractivity contribution >= 4 is 0 Å². The third kappa shape index (κ3) is 3.67. The Morgan fingerprint density at radius 2 is 1.88 bits per heavy atom. The average Bonchev–Trinajstić information content (AvgIpc) is 3.10. The fraction of sp³-hybridized carbons (Fsp3) is 0.609. The molecule has 2 unspecified atom stereocenters. The third-order valence-corrected chi connectivity index (χ3v) is 6.95. The van der Waals surface area contributed by atoms with Gasteiger partial charge < -0.3 is 9.64 Å². The number of likely N-dealkylation sites (tertiary alicyclic amines) is 1. The molecule has 1 aliphatic carbocycles. The molecule has 1 aromatic rings. The zero-order valence-corrected chi connectivity index (χ0v) is 16.5. The van der Waals surface area contributed by atoms with Gasteiger partial charge in [0.25, 0.3) is 6.26 Å². The Kier molecular flexibility index (Phi) is 5.73. The predicted molar refractivity (Wildman–Crippen MR) is 105 cm³/mol. The van der Waals surface area contributed by atoms with Gasteiger partial charge in [-0.3, -0.25) is 0 Å². The van der Waals surface area contributed by atoms with Crippen molar-refractivity contribution in [2.45, 2.75) is 64.8 Å². The van der Waals surface area contributed by atoms with Crippen LogP contribution in [0.4, 0.5) is 0 Å². The predicted octanol–water partition coefficient (Wildman–Crippen LogP) is 5.38. The largest absolute Gasteiger partial charge is 0.393 e. The number of nitriles is 1. The molecule has 1 aromatic carbocycles. The molecule has 0 aromatic heterocycles. The first-order valence-electron chi connectivity index (χ1n) is 10.0. The number of ether oxygens (including phenoxy) is 1. The topological polar surface area (TPSA) is 36.3 Å². The number of allylic oxidation sites excluding steroid dienone is 1. The van der Waals surface area contributed by atoms with E-state index in [-0.39, 0.29) is 5.41 Å². The molecule has 3 rings (SSSR count). The number of piperidine rings is 1. The molecule has 26 heavy (non-hydrogen) atoms. The van der Waals surface area contributed by atoms with Crippen molar-refractivity contribution in [1.29, 1.82) is 5.26 Å². The van der Waals surface area contributed by atoms with Crippen LogP contribution in [0.25, 0.3) is 0 Å². The van der Waals surface area contributed by atoms with Crippen molar-refractivity contribution in [3.63, 3.8) is 0 Å². The fourth-order valence-electron chi connectivity index (χ4n) is 5.05. The van der Waals surface area contributed by atoms with E-state index in [2.05, 4.69) is 56.5 Å². The van der Waals surface area contributed by atoms with Crippen molar-refractivity contribution in [3.05, 3.63) is 47.7 Å². The minimum atomic E-state index is -0.0474. The molecule has 2 atom stereocenters. The van der Waals surface area contributed by atoms with Gasteiger partial charge in [-0.05, 0) is 69.5 Å². The van der Waals surface area contributed by atoms with E-state index in [9.17, 15) is 0 Å². The average molecular weight is 353 g/mol. The van der Waals surface area contributed by atoms with Gasteiger partial charge in [-0.2, -0.15) is 0 Å². The third-order valence-electron chi connectivity index (χ3n) is 6.95. The molecule has 1 aliphatic heterocycles. The fourth-order valence-corrected chi connectivity index (χ4v) is 5.05. The maximum atomic E-state index is 8.92. The quantitative estimate of drug-likeness (QED) is 0.527. The van der Waals surface area contributed by atoms with Gasteiger partial charge in [0.1, 0.15) is 5.76 Å². The van der Waals surface area contributed by atoms with Crippen LogP contribution >= 0.6 is 0 Å². The van der Waals surface area contributed by atoms with Crippen LogP contribution in [0.2, 0.25) is 0 Å². The van der Waals surface area contributed by atoms with E-state index in [0.717, 1.165) is 12.8 Å². The molecule has 3 nitrogen and oxygen atoms in total. The highest BCUT2D eigenvalue weighted by molar-refractivity contribution is 5.25. The molecule has 0 amide bonds. The molecular formula is C23H32N2O. The van der Waals surface area contributed by atoms with E-state index in [0.29, 0.717) is 23.6 Å². The summed E-state index contributed by atoms with van der Waals surface area (Å²) in [4.78, 5) is 2.68. The van der Waals surface area contributed by atoms with E-state index in [1.54, 1.807) is 0 Å². The lowest BCUT2D eigenvalue weighted by molar-refractivity contribution is 0.115. The van der Waals surface area contributed by atoms with Crippen LogP contribution in [-0.4, -0.2) is 24.0 Å². The highest BCUT2D eigenvalue weighted by Crippen LogP contribution is 2.51. The second-order valence-electron chi connectivity index (χ2n) is 8.54. The molecule has 2 fully saturated rings. The second kappa shape index (κ2) is 7.84. The van der Waals surface area contributed by atoms with Gasteiger partial charge in [0.2, 0.25) is 0 Å². The zero-order valence-electron chi connectivity index (χ0n) is 16.5. The lowest BCUT2D eigenvalue weighted by Crippen LogP contribution is -2.41. The summed E-state index contributed by atoms with van der Waals surface area (Å²) < 4.78 is 5.20. The Bertz CT molecular complexity index is 664. The number of aryl methyl sites for hydroxylation is 1. The molecule has 140 valence electrons. The first-order chi connectivity index (χ1) is 12.5. The first-order valence-corrected chi connectivity index (χ1v) is 10.0. The van der Waals surface area contributed by atoms with Crippen molar-refractivity contribution in [3.8, 4) is 6.26 Å². The SMILES string of the molecule is C=C(OC#N)C1(C(C)C)CCC(N2CCC(c3ccc(C)cc3)CC2)C1. The van der Waals surface area contributed by atoms with E-state index in [1.165, 1.54) is 43.5 Å². The summed E-state index contributed by atoms with van der Waals surface area (Å²) in [5, 5.41) is 8.92. The van der Waals surface area contributed by atoms with E-state index < -0.39 is 0 Å². The monoisotopic (exact) mass is 352 g/mol. The maximum absolute atomic E-state index is 8.92. The summed E-state index contributed by atoms with van der Waals surface area (Å²) in [5.41, 5.74) is 2.78. The molecule has 0 bridgehead atoms. The van der Waals surface area contributed by atoms with Crippen LogP contribution in [0.5, 0.6) is 0 Å². The molecule has 0 spiro atoms. The van der Waals surface area contributed by atoms with E-state index >= 15 is 0 Å². The number of hydrogen-bond donors (Lipinski definition) is 0. The first kappa shape index (κ1) is 19.0. The molecule has 1 saturated carbocycles.